The lowest BCUT2D eigenvalue weighted by Crippen LogP contribution is -2.36. The average molecular weight is 251 g/mol. The van der Waals surface area contributed by atoms with Gasteiger partial charge in [-0.05, 0) is 31.9 Å². The Morgan fingerprint density at radius 2 is 2.11 bits per heavy atom. The van der Waals surface area contributed by atoms with Crippen LogP contribution in [-0.2, 0) is 4.74 Å². The van der Waals surface area contributed by atoms with E-state index in [2.05, 4.69) is 29.8 Å². The van der Waals surface area contributed by atoms with Gasteiger partial charge in [0.25, 0.3) is 0 Å². The Hall–Kier alpha value is -1.13. The second-order valence-corrected chi connectivity index (χ2v) is 4.68. The molecule has 0 aliphatic rings. The normalized spacial score (nSPS) is 14.3. The molecule has 0 aliphatic carbocycles. The Bertz CT molecular complexity index is 337. The molecule has 1 aromatic heterocycles. The van der Waals surface area contributed by atoms with Crippen LogP contribution in [0, 0.1) is 0 Å². The van der Waals surface area contributed by atoms with E-state index in [0.29, 0.717) is 12.6 Å². The quantitative estimate of drug-likeness (QED) is 0.808. The van der Waals surface area contributed by atoms with E-state index in [9.17, 15) is 0 Å². The Morgan fingerprint density at radius 3 is 2.56 bits per heavy atom. The minimum atomic E-state index is 0.0302. The maximum absolute atomic E-state index is 5.83. The van der Waals surface area contributed by atoms with Crippen molar-refractivity contribution in [2.45, 2.75) is 39.3 Å². The van der Waals surface area contributed by atoms with Crippen LogP contribution >= 0.6 is 0 Å². The predicted octanol–water partition coefficient (Wildman–Crippen LogP) is 2.35. The van der Waals surface area contributed by atoms with E-state index in [1.807, 2.05) is 19.2 Å². The molecule has 1 heterocycles. The maximum atomic E-state index is 5.83. The van der Waals surface area contributed by atoms with E-state index < -0.39 is 0 Å². The lowest BCUT2D eigenvalue weighted by atomic mass is 10.1. The third-order valence-electron chi connectivity index (χ3n) is 3.25. The van der Waals surface area contributed by atoms with Gasteiger partial charge in [-0.15, -0.1) is 0 Å². The number of aromatic nitrogens is 1. The average Bonchev–Trinajstić information content (AvgIpc) is 2.39. The van der Waals surface area contributed by atoms with Crippen LogP contribution in [0.4, 0.5) is 5.82 Å². The van der Waals surface area contributed by atoms with Crippen molar-refractivity contribution in [1.82, 2.24) is 4.98 Å². The van der Waals surface area contributed by atoms with E-state index in [1.54, 1.807) is 7.11 Å². The molecule has 102 valence electrons. The van der Waals surface area contributed by atoms with Gasteiger partial charge < -0.3 is 15.4 Å². The largest absolute Gasteiger partial charge is 0.383 e. The molecule has 0 spiro atoms. The summed E-state index contributed by atoms with van der Waals surface area (Å²) in [7, 11) is 1.72. The van der Waals surface area contributed by atoms with Crippen molar-refractivity contribution in [2.75, 3.05) is 25.2 Å². The monoisotopic (exact) mass is 251 g/mol. The highest BCUT2D eigenvalue weighted by atomic mass is 16.5. The second kappa shape index (κ2) is 7.34. The molecular formula is C14H25N3O. The summed E-state index contributed by atoms with van der Waals surface area (Å²) >= 11 is 0. The van der Waals surface area contributed by atoms with Gasteiger partial charge in [0.15, 0.2) is 0 Å². The number of hydrogen-bond donors (Lipinski definition) is 1. The van der Waals surface area contributed by atoms with Crippen LogP contribution in [0.2, 0.25) is 0 Å². The lowest BCUT2D eigenvalue weighted by molar-refractivity contribution is 0.203. The van der Waals surface area contributed by atoms with Gasteiger partial charge in [0, 0.05) is 31.9 Å². The Labute approximate surface area is 110 Å². The van der Waals surface area contributed by atoms with E-state index in [0.717, 1.165) is 24.3 Å². The number of methoxy groups -OCH3 is 1. The first kappa shape index (κ1) is 14.9. The van der Waals surface area contributed by atoms with Gasteiger partial charge in [0.05, 0.1) is 6.61 Å². The smallest absolute Gasteiger partial charge is 0.128 e. The molecule has 0 fully saturated rings. The molecule has 1 aromatic rings. The zero-order valence-electron chi connectivity index (χ0n) is 11.9. The van der Waals surface area contributed by atoms with E-state index in [4.69, 9.17) is 10.5 Å². The number of rotatable bonds is 7. The summed E-state index contributed by atoms with van der Waals surface area (Å²) in [5.41, 5.74) is 6.90. The van der Waals surface area contributed by atoms with E-state index >= 15 is 0 Å². The predicted molar refractivity (Wildman–Crippen MR) is 75.8 cm³/mol. The van der Waals surface area contributed by atoms with Gasteiger partial charge in [0.2, 0.25) is 0 Å². The zero-order valence-corrected chi connectivity index (χ0v) is 11.9. The number of nitrogens with two attached hydrogens (primary N) is 1. The van der Waals surface area contributed by atoms with Crippen LogP contribution in [0.15, 0.2) is 18.3 Å². The van der Waals surface area contributed by atoms with Crippen molar-refractivity contribution in [3.8, 4) is 0 Å². The van der Waals surface area contributed by atoms with Crippen LogP contribution in [0.5, 0.6) is 0 Å². The van der Waals surface area contributed by atoms with Crippen molar-refractivity contribution < 1.29 is 4.74 Å². The van der Waals surface area contributed by atoms with Gasteiger partial charge in [0.1, 0.15) is 5.82 Å². The SMILES string of the molecule is CCC(C)N(CCOC)c1ccc([C@@H](C)N)cn1. The highest BCUT2D eigenvalue weighted by molar-refractivity contribution is 5.40. The standard InChI is InChI=1S/C14H25N3O/c1-5-11(2)17(8-9-18-4)14-7-6-13(10-16-14)12(3)15/h6-7,10-12H,5,8-9,15H2,1-4H3/t11?,12-/m1/s1. The summed E-state index contributed by atoms with van der Waals surface area (Å²) in [5.74, 6) is 0.991. The van der Waals surface area contributed by atoms with Crippen LogP contribution in [-0.4, -0.2) is 31.3 Å². The minimum Gasteiger partial charge on any atom is -0.383 e. The van der Waals surface area contributed by atoms with Gasteiger partial charge in [-0.25, -0.2) is 4.98 Å². The first-order chi connectivity index (χ1) is 8.60. The molecule has 0 saturated heterocycles. The maximum Gasteiger partial charge on any atom is 0.128 e. The molecule has 0 radical (unpaired) electrons. The van der Waals surface area contributed by atoms with Crippen molar-refractivity contribution >= 4 is 5.82 Å². The third-order valence-corrected chi connectivity index (χ3v) is 3.25. The second-order valence-electron chi connectivity index (χ2n) is 4.68. The number of anilines is 1. The zero-order chi connectivity index (χ0) is 13.5. The van der Waals surface area contributed by atoms with Crippen LogP contribution < -0.4 is 10.6 Å². The molecule has 4 nitrogen and oxygen atoms in total. The summed E-state index contributed by atoms with van der Waals surface area (Å²) in [5, 5.41) is 0. The first-order valence-corrected chi connectivity index (χ1v) is 6.57. The Balaban J connectivity index is 2.83. The molecule has 1 rings (SSSR count). The van der Waals surface area contributed by atoms with Crippen LogP contribution in [0.3, 0.4) is 0 Å². The van der Waals surface area contributed by atoms with Gasteiger partial charge in [-0.2, -0.15) is 0 Å². The fourth-order valence-corrected chi connectivity index (χ4v) is 1.81. The Kier molecular flexibility index (Phi) is 6.09. The molecule has 18 heavy (non-hydrogen) atoms. The summed E-state index contributed by atoms with van der Waals surface area (Å²) < 4.78 is 5.16. The van der Waals surface area contributed by atoms with Crippen molar-refractivity contribution in [3.63, 3.8) is 0 Å². The Morgan fingerprint density at radius 1 is 1.39 bits per heavy atom. The van der Waals surface area contributed by atoms with E-state index in [-0.39, 0.29) is 6.04 Å². The molecule has 0 bridgehead atoms. The van der Waals surface area contributed by atoms with Crippen molar-refractivity contribution in [2.24, 2.45) is 5.73 Å². The fourth-order valence-electron chi connectivity index (χ4n) is 1.81. The molecule has 0 aliphatic heterocycles. The summed E-state index contributed by atoms with van der Waals surface area (Å²) in [6.45, 7) is 7.92. The van der Waals surface area contributed by atoms with E-state index in [1.165, 1.54) is 0 Å². The highest BCUT2D eigenvalue weighted by Gasteiger charge is 2.14. The first-order valence-electron chi connectivity index (χ1n) is 6.57. The van der Waals surface area contributed by atoms with Gasteiger partial charge >= 0.3 is 0 Å². The molecule has 0 amide bonds. The van der Waals surface area contributed by atoms with Crippen molar-refractivity contribution in [1.29, 1.82) is 0 Å². The molecule has 0 saturated carbocycles. The molecular weight excluding hydrogens is 226 g/mol. The molecule has 1 unspecified atom stereocenters. The number of pyridine rings is 1. The number of hydrogen-bond acceptors (Lipinski definition) is 4. The van der Waals surface area contributed by atoms with Gasteiger partial charge in [-0.3, -0.25) is 0 Å². The molecule has 2 N–H and O–H groups in total. The summed E-state index contributed by atoms with van der Waals surface area (Å²) in [4.78, 5) is 6.78. The summed E-state index contributed by atoms with van der Waals surface area (Å²) in [6.07, 6.45) is 2.95. The minimum absolute atomic E-state index is 0.0302. The molecule has 0 aromatic carbocycles. The molecule has 4 heteroatoms. The lowest BCUT2D eigenvalue weighted by Gasteiger charge is -2.29. The topological polar surface area (TPSA) is 51.4 Å². The fraction of sp³-hybridized carbons (Fsp3) is 0.643. The van der Waals surface area contributed by atoms with Crippen molar-refractivity contribution in [3.05, 3.63) is 23.9 Å². The summed E-state index contributed by atoms with van der Waals surface area (Å²) in [6, 6.07) is 4.58. The van der Waals surface area contributed by atoms with Crippen LogP contribution in [0.1, 0.15) is 38.8 Å². The van der Waals surface area contributed by atoms with Crippen LogP contribution in [0.25, 0.3) is 0 Å². The third kappa shape index (κ3) is 3.96. The molecule has 2 atom stereocenters. The van der Waals surface area contributed by atoms with Gasteiger partial charge in [-0.1, -0.05) is 13.0 Å². The number of nitrogens with zero attached hydrogens (tertiary/aromatic N) is 2. The number of ether oxygens (including phenoxy) is 1. The highest BCUT2D eigenvalue weighted by Crippen LogP contribution is 2.18.